The first-order chi connectivity index (χ1) is 34.8. The summed E-state index contributed by atoms with van der Waals surface area (Å²) in [6, 6.07) is -0.987. The van der Waals surface area contributed by atoms with Gasteiger partial charge in [-0.3, -0.25) is 4.79 Å². The Morgan fingerprint density at radius 1 is 0.437 bits per heavy atom. The van der Waals surface area contributed by atoms with Crippen LogP contribution in [0.2, 0.25) is 0 Å². The Morgan fingerprint density at radius 3 is 1.04 bits per heavy atom. The van der Waals surface area contributed by atoms with Crippen molar-refractivity contribution in [1.29, 1.82) is 0 Å². The van der Waals surface area contributed by atoms with Crippen LogP contribution in [0, 0.1) is 0 Å². The average molecular weight is 1010 g/mol. The van der Waals surface area contributed by atoms with Gasteiger partial charge in [-0.05, 0) is 12.8 Å². The summed E-state index contributed by atoms with van der Waals surface area (Å²) in [7, 11) is 0. The minimum atomic E-state index is -1.60. The number of hydrogen-bond donors (Lipinski definition) is 7. The Bertz CT molecular complexity index is 1100. The van der Waals surface area contributed by atoms with E-state index < -0.39 is 55.6 Å². The quantitative estimate of drug-likeness (QED) is 0.0293. The lowest BCUT2D eigenvalue weighted by atomic mass is 9.98. The maximum atomic E-state index is 13.1. The molecule has 10 nitrogen and oxygen atoms in total. The molecule has 1 aliphatic rings. The first kappa shape index (κ1) is 68.2. The Morgan fingerprint density at radius 2 is 0.732 bits per heavy atom. The van der Waals surface area contributed by atoms with E-state index in [4.69, 9.17) is 9.47 Å². The molecule has 1 rings (SSSR count). The molecule has 0 aromatic rings. The topological polar surface area (TPSA) is 169 Å². The van der Waals surface area contributed by atoms with Gasteiger partial charge in [-0.15, -0.1) is 0 Å². The van der Waals surface area contributed by atoms with Crippen LogP contribution in [-0.2, 0) is 14.3 Å². The molecule has 1 amide bonds. The van der Waals surface area contributed by atoms with Gasteiger partial charge in [0.25, 0.3) is 0 Å². The second-order valence-electron chi connectivity index (χ2n) is 22.4. The average Bonchev–Trinajstić information content (AvgIpc) is 3.37. The van der Waals surface area contributed by atoms with Crippen LogP contribution in [-0.4, -0.2) is 98.7 Å². The fourth-order valence-corrected chi connectivity index (χ4v) is 10.6. The highest BCUT2D eigenvalue weighted by Gasteiger charge is 2.44. The van der Waals surface area contributed by atoms with E-state index in [2.05, 4.69) is 19.2 Å². The van der Waals surface area contributed by atoms with Crippen LogP contribution in [0.3, 0.4) is 0 Å². The van der Waals surface area contributed by atoms with Crippen LogP contribution in [0.15, 0.2) is 0 Å². The van der Waals surface area contributed by atoms with Gasteiger partial charge in [-0.25, -0.2) is 0 Å². The minimum Gasteiger partial charge on any atom is -0.394 e. The molecular weight excluding hydrogens is 891 g/mol. The number of hydrogen-bond acceptors (Lipinski definition) is 9. The molecular formula is C61H121NO9. The van der Waals surface area contributed by atoms with E-state index >= 15 is 0 Å². The van der Waals surface area contributed by atoms with Gasteiger partial charge in [-0.2, -0.15) is 0 Å². The van der Waals surface area contributed by atoms with Crippen molar-refractivity contribution in [2.45, 2.75) is 371 Å². The fourth-order valence-electron chi connectivity index (χ4n) is 10.6. The number of ether oxygens (including phenoxy) is 2. The summed E-state index contributed by atoms with van der Waals surface area (Å²) in [5.41, 5.74) is 0. The first-order valence-electron chi connectivity index (χ1n) is 31.3. The predicted octanol–water partition coefficient (Wildman–Crippen LogP) is 14.8. The number of carbonyl (C=O) groups excluding carboxylic acids is 1. The van der Waals surface area contributed by atoms with Gasteiger partial charge in [0.2, 0.25) is 5.91 Å². The Kier molecular flexibility index (Phi) is 49.2. The normalized spacial score (nSPS) is 19.6. The summed E-state index contributed by atoms with van der Waals surface area (Å²) in [6.45, 7) is 3.67. The summed E-state index contributed by atoms with van der Waals surface area (Å²) in [6.07, 6.45) is 51.4. The molecule has 10 heteroatoms. The molecule has 7 N–H and O–H groups in total. The lowest BCUT2D eigenvalue weighted by Crippen LogP contribution is -2.60. The summed E-state index contributed by atoms with van der Waals surface area (Å²) >= 11 is 0. The highest BCUT2D eigenvalue weighted by Crippen LogP contribution is 2.24. The van der Waals surface area contributed by atoms with Crippen molar-refractivity contribution in [3.05, 3.63) is 0 Å². The van der Waals surface area contributed by atoms with Gasteiger partial charge in [0.1, 0.15) is 30.5 Å². The van der Waals surface area contributed by atoms with Crippen molar-refractivity contribution in [2.24, 2.45) is 0 Å². The molecule has 8 atom stereocenters. The highest BCUT2D eigenvalue weighted by molar-refractivity contribution is 5.76. The Labute approximate surface area is 438 Å². The van der Waals surface area contributed by atoms with E-state index in [1.54, 1.807) is 0 Å². The van der Waals surface area contributed by atoms with Crippen LogP contribution in [0.4, 0.5) is 0 Å². The third-order valence-corrected chi connectivity index (χ3v) is 15.6. The van der Waals surface area contributed by atoms with E-state index in [-0.39, 0.29) is 18.9 Å². The molecule has 1 heterocycles. The lowest BCUT2D eigenvalue weighted by Gasteiger charge is -2.40. The molecule has 0 saturated carbocycles. The number of carbonyl (C=O) groups is 1. The number of nitrogens with one attached hydrogen (secondary N) is 1. The molecule has 1 fully saturated rings. The molecule has 71 heavy (non-hydrogen) atoms. The van der Waals surface area contributed by atoms with Crippen molar-refractivity contribution in [3.8, 4) is 0 Å². The largest absolute Gasteiger partial charge is 0.394 e. The van der Waals surface area contributed by atoms with E-state index in [0.717, 1.165) is 38.5 Å². The zero-order valence-corrected chi connectivity index (χ0v) is 46.9. The lowest BCUT2D eigenvalue weighted by molar-refractivity contribution is -0.303. The summed E-state index contributed by atoms with van der Waals surface area (Å²) < 4.78 is 11.2. The second kappa shape index (κ2) is 51.3. The molecule has 0 radical (unpaired) electrons. The SMILES string of the molecule is CCCCCCCCCCCCCCCCCCCCCCCCCCCCCCCCC(=O)N[C@@H](CO[C@@H]1O[C@H](CO)[C@H](O)C(O)C1O)[C@H](O)[C@H](O)CCCCCCCCCCCCCCCCCC. The van der Waals surface area contributed by atoms with Crippen molar-refractivity contribution in [1.82, 2.24) is 5.32 Å². The zero-order chi connectivity index (χ0) is 51.7. The third-order valence-electron chi connectivity index (χ3n) is 15.6. The fraction of sp³-hybridized carbons (Fsp3) is 0.984. The number of unbranched alkanes of at least 4 members (excludes halogenated alkanes) is 44. The summed E-state index contributed by atoms with van der Waals surface area (Å²) in [4.78, 5) is 13.1. The molecule has 0 spiro atoms. The molecule has 0 aromatic carbocycles. The van der Waals surface area contributed by atoms with Crippen molar-refractivity contribution >= 4 is 5.91 Å². The van der Waals surface area contributed by atoms with Gasteiger partial charge in [-0.1, -0.05) is 303 Å². The summed E-state index contributed by atoms with van der Waals surface area (Å²) in [5.74, 6) is -0.249. The van der Waals surface area contributed by atoms with Crippen LogP contribution >= 0.6 is 0 Å². The van der Waals surface area contributed by atoms with Crippen LogP contribution in [0.1, 0.15) is 322 Å². The Balaban J connectivity index is 2.15. The summed E-state index contributed by atoms with van der Waals surface area (Å²) in [5, 5.41) is 65.6. The van der Waals surface area contributed by atoms with E-state index in [1.165, 1.54) is 257 Å². The molecule has 0 aliphatic carbocycles. The van der Waals surface area contributed by atoms with Crippen LogP contribution in [0.5, 0.6) is 0 Å². The van der Waals surface area contributed by atoms with Gasteiger partial charge in [0.15, 0.2) is 6.29 Å². The molecule has 1 aliphatic heterocycles. The third kappa shape index (κ3) is 40.1. The monoisotopic (exact) mass is 1010 g/mol. The van der Waals surface area contributed by atoms with E-state index in [0.29, 0.717) is 6.42 Å². The number of aliphatic hydroxyl groups is 6. The molecule has 2 unspecified atom stereocenters. The van der Waals surface area contributed by atoms with Gasteiger partial charge in [0, 0.05) is 6.42 Å². The minimum absolute atomic E-state index is 0.249. The number of rotatable bonds is 55. The highest BCUT2D eigenvalue weighted by atomic mass is 16.7. The molecule has 0 bridgehead atoms. The second-order valence-corrected chi connectivity index (χ2v) is 22.4. The van der Waals surface area contributed by atoms with Crippen molar-refractivity contribution in [2.75, 3.05) is 13.2 Å². The van der Waals surface area contributed by atoms with Gasteiger partial charge < -0.3 is 45.4 Å². The van der Waals surface area contributed by atoms with Crippen LogP contribution < -0.4 is 5.32 Å². The maximum absolute atomic E-state index is 13.1. The molecule has 0 aromatic heterocycles. The molecule has 1 saturated heterocycles. The molecule has 424 valence electrons. The number of aliphatic hydroxyl groups excluding tert-OH is 6. The van der Waals surface area contributed by atoms with Gasteiger partial charge >= 0.3 is 0 Å². The zero-order valence-electron chi connectivity index (χ0n) is 46.9. The van der Waals surface area contributed by atoms with Gasteiger partial charge in [0.05, 0.1) is 25.4 Å². The standard InChI is InChI=1S/C61H121NO9/c1-3-5-7-9-11-13-15-17-19-21-22-23-24-25-26-27-28-29-30-31-32-33-34-36-38-40-42-44-46-48-50-56(65)62-53(52-70-61-60(69)59(68)58(67)55(51-63)71-61)57(66)54(64)49-47-45-43-41-39-37-35-20-18-16-14-12-10-8-6-4-2/h53-55,57-61,63-64,66-69H,3-52H2,1-2H3,(H,62,65)/t53-,54+,55+,57-,58-,59?,60?,61+/m0/s1. The smallest absolute Gasteiger partial charge is 0.220 e. The maximum Gasteiger partial charge on any atom is 0.220 e. The van der Waals surface area contributed by atoms with E-state index in [9.17, 15) is 35.4 Å². The van der Waals surface area contributed by atoms with E-state index in [1.807, 2.05) is 0 Å². The van der Waals surface area contributed by atoms with Crippen molar-refractivity contribution in [3.63, 3.8) is 0 Å². The first-order valence-corrected chi connectivity index (χ1v) is 31.3. The Hall–Kier alpha value is -0.850. The predicted molar refractivity (Wildman–Crippen MR) is 297 cm³/mol. The van der Waals surface area contributed by atoms with Crippen LogP contribution in [0.25, 0.3) is 0 Å². The van der Waals surface area contributed by atoms with Crippen molar-refractivity contribution < 1.29 is 44.9 Å². The number of amides is 1.